The van der Waals surface area contributed by atoms with Crippen LogP contribution in [0.15, 0.2) is 50.6 Å². The molecule has 8 nitrogen and oxygen atoms in total. The number of halogens is 1. The monoisotopic (exact) mass is 527 g/mol. The Balaban J connectivity index is 0.00000256. The van der Waals surface area contributed by atoms with E-state index in [1.165, 1.54) is 19.1 Å². The van der Waals surface area contributed by atoms with E-state index in [1.807, 2.05) is 17.0 Å². The third-order valence-electron chi connectivity index (χ3n) is 5.72. The molecule has 2 fully saturated rings. The van der Waals surface area contributed by atoms with Crippen molar-refractivity contribution < 1.29 is 13.6 Å². The van der Waals surface area contributed by atoms with Crippen LogP contribution in [0.25, 0.3) is 0 Å². The molecular formula is C21H30IN5O3. The number of hydrogen-bond donors (Lipinski definition) is 1. The zero-order chi connectivity index (χ0) is 20.1. The highest BCUT2D eigenvalue weighted by atomic mass is 127. The van der Waals surface area contributed by atoms with Gasteiger partial charge in [0.1, 0.15) is 5.76 Å². The number of hydrogen-bond acceptors (Lipinski definition) is 5. The maximum atomic E-state index is 12.5. The first-order valence-corrected chi connectivity index (χ1v) is 10.3. The normalized spacial score (nSPS) is 18.9. The van der Waals surface area contributed by atoms with Crippen molar-refractivity contribution in [1.82, 2.24) is 20.0 Å². The lowest BCUT2D eigenvalue weighted by Gasteiger charge is -2.37. The van der Waals surface area contributed by atoms with Gasteiger partial charge in [-0.15, -0.1) is 24.0 Å². The summed E-state index contributed by atoms with van der Waals surface area (Å²) in [4.78, 5) is 23.4. The van der Waals surface area contributed by atoms with Crippen LogP contribution in [0.3, 0.4) is 0 Å². The quantitative estimate of drug-likeness (QED) is 0.366. The molecular weight excluding hydrogens is 497 g/mol. The van der Waals surface area contributed by atoms with Crippen LogP contribution in [0.1, 0.15) is 35.2 Å². The van der Waals surface area contributed by atoms with Crippen molar-refractivity contribution in [3.8, 4) is 0 Å². The first-order valence-electron chi connectivity index (χ1n) is 10.3. The van der Waals surface area contributed by atoms with Crippen LogP contribution in [0.4, 0.5) is 0 Å². The first kappa shape index (κ1) is 22.7. The SMILES string of the molecule is CN=C(NCC(c1ccco1)N1CCCC1)N1CCN(C(=O)c2ccco2)CC1.I. The summed E-state index contributed by atoms with van der Waals surface area (Å²) in [6.45, 7) is 5.70. The second-order valence-electron chi connectivity index (χ2n) is 7.46. The molecule has 0 aliphatic carbocycles. The number of nitrogens with zero attached hydrogens (tertiary/aromatic N) is 4. The molecule has 0 bridgehead atoms. The molecule has 0 spiro atoms. The van der Waals surface area contributed by atoms with Gasteiger partial charge in [-0.05, 0) is 50.2 Å². The van der Waals surface area contributed by atoms with Crippen molar-refractivity contribution in [3.05, 3.63) is 48.3 Å². The molecule has 1 atom stereocenters. The highest BCUT2D eigenvalue weighted by Crippen LogP contribution is 2.25. The number of rotatable bonds is 5. The Hall–Kier alpha value is -2.01. The van der Waals surface area contributed by atoms with E-state index in [0.29, 0.717) is 18.8 Å². The van der Waals surface area contributed by atoms with Crippen molar-refractivity contribution in [2.24, 2.45) is 4.99 Å². The van der Waals surface area contributed by atoms with E-state index in [4.69, 9.17) is 8.83 Å². The third kappa shape index (κ3) is 5.18. The molecule has 1 unspecified atom stereocenters. The number of aliphatic imine (C=N–C) groups is 1. The molecule has 0 saturated carbocycles. The molecule has 9 heteroatoms. The maximum Gasteiger partial charge on any atom is 0.289 e. The van der Waals surface area contributed by atoms with Gasteiger partial charge in [-0.2, -0.15) is 0 Å². The van der Waals surface area contributed by atoms with E-state index in [-0.39, 0.29) is 35.9 Å². The van der Waals surface area contributed by atoms with Gasteiger partial charge in [-0.1, -0.05) is 0 Å². The second-order valence-corrected chi connectivity index (χ2v) is 7.46. The molecule has 2 saturated heterocycles. The standard InChI is InChI=1S/C21H29N5O3.HI/c1-22-21(23-16-17(18-6-4-14-28-18)24-8-2-3-9-24)26-12-10-25(11-13-26)20(27)19-7-5-15-29-19;/h4-7,14-15,17H,2-3,8-13,16H2,1H3,(H,22,23);1H. The van der Waals surface area contributed by atoms with Gasteiger partial charge in [0.25, 0.3) is 5.91 Å². The van der Waals surface area contributed by atoms with Crippen molar-refractivity contribution in [2.45, 2.75) is 18.9 Å². The van der Waals surface area contributed by atoms with E-state index >= 15 is 0 Å². The molecule has 2 aliphatic rings. The van der Waals surface area contributed by atoms with Crippen molar-refractivity contribution in [1.29, 1.82) is 0 Å². The maximum absolute atomic E-state index is 12.5. The van der Waals surface area contributed by atoms with Crippen LogP contribution in [-0.4, -0.2) is 79.4 Å². The number of piperazine rings is 1. The number of carbonyl (C=O) groups is 1. The number of amides is 1. The van der Waals surface area contributed by atoms with Crippen molar-refractivity contribution in [3.63, 3.8) is 0 Å². The number of guanidine groups is 1. The van der Waals surface area contributed by atoms with Crippen LogP contribution in [0.5, 0.6) is 0 Å². The van der Waals surface area contributed by atoms with Gasteiger partial charge in [0.05, 0.1) is 18.6 Å². The summed E-state index contributed by atoms with van der Waals surface area (Å²) >= 11 is 0. The van der Waals surface area contributed by atoms with Gasteiger partial charge in [0.15, 0.2) is 11.7 Å². The molecule has 2 aliphatic heterocycles. The summed E-state index contributed by atoms with van der Waals surface area (Å²) in [6.07, 6.45) is 5.74. The molecule has 1 amide bonds. The lowest BCUT2D eigenvalue weighted by molar-refractivity contribution is 0.0657. The fraction of sp³-hybridized carbons (Fsp3) is 0.524. The van der Waals surface area contributed by atoms with Crippen LogP contribution >= 0.6 is 24.0 Å². The van der Waals surface area contributed by atoms with Gasteiger partial charge in [0.2, 0.25) is 0 Å². The van der Waals surface area contributed by atoms with E-state index in [2.05, 4.69) is 20.1 Å². The Bertz CT molecular complexity index is 795. The van der Waals surface area contributed by atoms with Crippen molar-refractivity contribution >= 4 is 35.8 Å². The second kappa shape index (κ2) is 10.9. The zero-order valence-electron chi connectivity index (χ0n) is 17.3. The number of furan rings is 2. The number of carbonyl (C=O) groups excluding carboxylic acids is 1. The average Bonchev–Trinajstić information content (AvgIpc) is 3.54. The summed E-state index contributed by atoms with van der Waals surface area (Å²) < 4.78 is 10.9. The largest absolute Gasteiger partial charge is 0.468 e. The molecule has 30 heavy (non-hydrogen) atoms. The molecule has 2 aromatic rings. The Kier molecular flexibility index (Phi) is 8.20. The van der Waals surface area contributed by atoms with Gasteiger partial charge >= 0.3 is 0 Å². The minimum atomic E-state index is -0.0514. The van der Waals surface area contributed by atoms with Gasteiger partial charge in [-0.3, -0.25) is 14.7 Å². The number of likely N-dealkylation sites (tertiary alicyclic amines) is 1. The molecule has 164 valence electrons. The Labute approximate surface area is 194 Å². The lowest BCUT2D eigenvalue weighted by Crippen LogP contribution is -2.54. The molecule has 0 aromatic carbocycles. The molecule has 4 heterocycles. The first-order chi connectivity index (χ1) is 14.3. The predicted octanol–water partition coefficient (Wildman–Crippen LogP) is 2.66. The fourth-order valence-corrected chi connectivity index (χ4v) is 4.14. The Morgan fingerprint density at radius 1 is 1.03 bits per heavy atom. The van der Waals surface area contributed by atoms with Gasteiger partial charge in [0, 0.05) is 39.8 Å². The summed E-state index contributed by atoms with van der Waals surface area (Å²) in [7, 11) is 1.81. The van der Waals surface area contributed by atoms with Crippen LogP contribution in [0, 0.1) is 0 Å². The predicted molar refractivity (Wildman–Crippen MR) is 125 cm³/mol. The summed E-state index contributed by atoms with van der Waals surface area (Å²) in [5, 5.41) is 3.53. The van der Waals surface area contributed by atoms with Crippen LogP contribution < -0.4 is 5.32 Å². The van der Waals surface area contributed by atoms with Crippen LogP contribution in [-0.2, 0) is 0 Å². The molecule has 4 rings (SSSR count). The summed E-state index contributed by atoms with van der Waals surface area (Å²) in [5.41, 5.74) is 0. The highest BCUT2D eigenvalue weighted by Gasteiger charge is 2.28. The minimum absolute atomic E-state index is 0. The number of nitrogens with one attached hydrogen (secondary N) is 1. The molecule has 2 aromatic heterocycles. The highest BCUT2D eigenvalue weighted by molar-refractivity contribution is 14.0. The minimum Gasteiger partial charge on any atom is -0.468 e. The Morgan fingerprint density at radius 3 is 2.30 bits per heavy atom. The van der Waals surface area contributed by atoms with Crippen LogP contribution in [0.2, 0.25) is 0 Å². The van der Waals surface area contributed by atoms with E-state index in [1.54, 1.807) is 25.4 Å². The van der Waals surface area contributed by atoms with Gasteiger partial charge in [-0.25, -0.2) is 0 Å². The topological polar surface area (TPSA) is 77.5 Å². The van der Waals surface area contributed by atoms with E-state index < -0.39 is 0 Å². The summed E-state index contributed by atoms with van der Waals surface area (Å²) in [6, 6.07) is 7.65. The zero-order valence-corrected chi connectivity index (χ0v) is 19.7. The van der Waals surface area contributed by atoms with Crippen molar-refractivity contribution in [2.75, 3.05) is 52.9 Å². The Morgan fingerprint density at radius 2 is 1.70 bits per heavy atom. The molecule has 0 radical (unpaired) electrons. The fourth-order valence-electron chi connectivity index (χ4n) is 4.14. The summed E-state index contributed by atoms with van der Waals surface area (Å²) in [5.74, 6) is 2.20. The third-order valence-corrected chi connectivity index (χ3v) is 5.72. The van der Waals surface area contributed by atoms with E-state index in [0.717, 1.165) is 44.4 Å². The molecule has 1 N–H and O–H groups in total. The smallest absolute Gasteiger partial charge is 0.289 e. The lowest BCUT2D eigenvalue weighted by atomic mass is 10.2. The van der Waals surface area contributed by atoms with Gasteiger partial charge < -0.3 is 24.0 Å². The van der Waals surface area contributed by atoms with E-state index in [9.17, 15) is 4.79 Å². The average molecular weight is 527 g/mol.